The van der Waals surface area contributed by atoms with Gasteiger partial charge in [-0.2, -0.15) is 4.98 Å². The van der Waals surface area contributed by atoms with E-state index in [1.54, 1.807) is 18.3 Å². The summed E-state index contributed by atoms with van der Waals surface area (Å²) >= 11 is 0. The molecule has 0 unspecified atom stereocenters. The molecule has 4 N–H and O–H groups in total. The van der Waals surface area contributed by atoms with Gasteiger partial charge in [0.15, 0.2) is 5.82 Å². The van der Waals surface area contributed by atoms with Crippen LogP contribution in [0.25, 0.3) is 10.9 Å². The Bertz CT molecular complexity index is 717. The molecule has 0 aliphatic carbocycles. The zero-order valence-electron chi connectivity index (χ0n) is 9.88. The minimum atomic E-state index is -0.208. The van der Waals surface area contributed by atoms with Crippen LogP contribution in [0.15, 0.2) is 35.3 Å². The number of aromatic nitrogens is 3. The molecule has 0 aliphatic heterocycles. The Kier molecular flexibility index (Phi) is 2.64. The van der Waals surface area contributed by atoms with Gasteiger partial charge in [0.2, 0.25) is 6.39 Å². The molecule has 7 heteroatoms. The lowest BCUT2D eigenvalue weighted by atomic mass is 10.1. The number of nitrogens with two attached hydrogens (primary N) is 1. The highest BCUT2D eigenvalue weighted by molar-refractivity contribution is 6.07. The number of hydrogen-bond acceptors (Lipinski definition) is 5. The third-order valence-electron chi connectivity index (χ3n) is 2.76. The van der Waals surface area contributed by atoms with Crippen molar-refractivity contribution in [2.24, 2.45) is 0 Å². The first kappa shape index (κ1) is 11.3. The molecule has 0 aliphatic rings. The summed E-state index contributed by atoms with van der Waals surface area (Å²) in [6, 6.07) is 5.35. The summed E-state index contributed by atoms with van der Waals surface area (Å²) in [5.41, 5.74) is 7.71. The second-order valence-corrected chi connectivity index (χ2v) is 4.04. The van der Waals surface area contributed by atoms with Crippen molar-refractivity contribution < 1.29 is 9.32 Å². The van der Waals surface area contributed by atoms with Crippen molar-refractivity contribution in [2.45, 2.75) is 6.54 Å². The van der Waals surface area contributed by atoms with Gasteiger partial charge in [-0.05, 0) is 18.2 Å². The van der Waals surface area contributed by atoms with E-state index in [-0.39, 0.29) is 12.5 Å². The number of carbonyl (C=O) groups is 1. The monoisotopic (exact) mass is 257 g/mol. The number of fused-ring (bicyclic) bond motifs is 1. The Morgan fingerprint density at radius 3 is 3.16 bits per heavy atom. The molecule has 3 rings (SSSR count). The minimum absolute atomic E-state index is 0.208. The minimum Gasteiger partial charge on any atom is -0.399 e. The summed E-state index contributed by atoms with van der Waals surface area (Å²) in [4.78, 5) is 18.9. The number of aromatic amines is 1. The van der Waals surface area contributed by atoms with E-state index in [0.29, 0.717) is 17.1 Å². The topological polar surface area (TPSA) is 110 Å². The molecule has 0 radical (unpaired) electrons. The maximum Gasteiger partial charge on any atom is 0.253 e. The van der Waals surface area contributed by atoms with Gasteiger partial charge in [0.1, 0.15) is 0 Å². The average molecular weight is 257 g/mol. The molecule has 1 amide bonds. The Hall–Kier alpha value is -2.83. The van der Waals surface area contributed by atoms with Crippen LogP contribution in [-0.2, 0) is 6.54 Å². The fraction of sp³-hybridized carbons (Fsp3) is 0.0833. The van der Waals surface area contributed by atoms with Crippen LogP contribution < -0.4 is 11.1 Å². The van der Waals surface area contributed by atoms with E-state index in [1.165, 1.54) is 6.39 Å². The first-order chi connectivity index (χ1) is 9.24. The largest absolute Gasteiger partial charge is 0.399 e. The smallest absolute Gasteiger partial charge is 0.253 e. The zero-order valence-corrected chi connectivity index (χ0v) is 9.88. The van der Waals surface area contributed by atoms with E-state index in [4.69, 9.17) is 5.73 Å². The molecule has 0 saturated heterocycles. The van der Waals surface area contributed by atoms with E-state index in [1.807, 2.05) is 6.07 Å². The summed E-state index contributed by atoms with van der Waals surface area (Å²) in [6.07, 6.45) is 2.87. The van der Waals surface area contributed by atoms with Crippen molar-refractivity contribution in [3.8, 4) is 0 Å². The van der Waals surface area contributed by atoms with Gasteiger partial charge in [-0.1, -0.05) is 5.16 Å². The van der Waals surface area contributed by atoms with Gasteiger partial charge >= 0.3 is 0 Å². The molecule has 0 saturated carbocycles. The van der Waals surface area contributed by atoms with Crippen molar-refractivity contribution in [2.75, 3.05) is 5.73 Å². The number of nitrogens with one attached hydrogen (secondary N) is 2. The summed E-state index contributed by atoms with van der Waals surface area (Å²) in [5, 5.41) is 7.16. The van der Waals surface area contributed by atoms with Crippen LogP contribution in [-0.4, -0.2) is 21.0 Å². The van der Waals surface area contributed by atoms with Crippen molar-refractivity contribution >= 4 is 22.5 Å². The fourth-order valence-corrected chi connectivity index (χ4v) is 1.86. The lowest BCUT2D eigenvalue weighted by molar-refractivity contribution is 0.0951. The number of nitrogens with zero attached hydrogens (tertiary/aromatic N) is 2. The molecular formula is C12H11N5O2. The van der Waals surface area contributed by atoms with Crippen LogP contribution in [0.4, 0.5) is 5.69 Å². The predicted octanol–water partition coefficient (Wildman–Crippen LogP) is 1.06. The number of carbonyl (C=O) groups excluding carboxylic acids is 1. The Morgan fingerprint density at radius 1 is 1.47 bits per heavy atom. The lowest BCUT2D eigenvalue weighted by Crippen LogP contribution is -2.23. The predicted molar refractivity (Wildman–Crippen MR) is 68.2 cm³/mol. The van der Waals surface area contributed by atoms with Crippen LogP contribution in [0.5, 0.6) is 0 Å². The molecule has 19 heavy (non-hydrogen) atoms. The summed E-state index contributed by atoms with van der Waals surface area (Å²) < 4.78 is 4.59. The molecular weight excluding hydrogens is 246 g/mol. The first-order valence-electron chi connectivity index (χ1n) is 5.64. The SMILES string of the molecule is Nc1ccc2c(C(=O)NCc3ncon3)c[nH]c2c1. The van der Waals surface area contributed by atoms with Crippen LogP contribution in [0.1, 0.15) is 16.2 Å². The summed E-state index contributed by atoms with van der Waals surface area (Å²) in [6.45, 7) is 0.219. The molecule has 96 valence electrons. The van der Waals surface area contributed by atoms with Crippen molar-refractivity contribution in [1.82, 2.24) is 20.4 Å². The van der Waals surface area contributed by atoms with Gasteiger partial charge in [0.05, 0.1) is 12.1 Å². The number of nitrogen functional groups attached to an aromatic ring is 1. The van der Waals surface area contributed by atoms with E-state index < -0.39 is 0 Å². The number of amides is 1. The van der Waals surface area contributed by atoms with Crippen LogP contribution in [0, 0.1) is 0 Å². The number of hydrogen-bond donors (Lipinski definition) is 3. The Balaban J connectivity index is 1.81. The second kappa shape index (κ2) is 4.45. The number of benzene rings is 1. The first-order valence-corrected chi connectivity index (χ1v) is 5.64. The highest BCUT2D eigenvalue weighted by Crippen LogP contribution is 2.20. The van der Waals surface area contributed by atoms with Crippen molar-refractivity contribution in [3.05, 3.63) is 42.2 Å². The molecule has 1 aromatic carbocycles. The van der Waals surface area contributed by atoms with Crippen molar-refractivity contribution in [1.29, 1.82) is 0 Å². The van der Waals surface area contributed by atoms with E-state index >= 15 is 0 Å². The summed E-state index contributed by atoms with van der Waals surface area (Å²) in [7, 11) is 0. The Morgan fingerprint density at radius 2 is 2.37 bits per heavy atom. The molecule has 3 aromatic rings. The van der Waals surface area contributed by atoms with E-state index in [9.17, 15) is 4.79 Å². The molecule has 0 fully saturated rings. The average Bonchev–Trinajstić information content (AvgIpc) is 3.04. The maximum absolute atomic E-state index is 12.1. The number of anilines is 1. The van der Waals surface area contributed by atoms with Gasteiger partial charge in [-0.25, -0.2) is 0 Å². The highest BCUT2D eigenvalue weighted by atomic mass is 16.5. The molecule has 2 aromatic heterocycles. The fourth-order valence-electron chi connectivity index (χ4n) is 1.86. The van der Waals surface area contributed by atoms with Crippen molar-refractivity contribution in [3.63, 3.8) is 0 Å². The van der Waals surface area contributed by atoms with Gasteiger partial charge < -0.3 is 20.6 Å². The van der Waals surface area contributed by atoms with Gasteiger partial charge in [0, 0.05) is 22.8 Å². The molecule has 0 spiro atoms. The molecule has 7 nitrogen and oxygen atoms in total. The van der Waals surface area contributed by atoms with E-state index in [0.717, 1.165) is 10.9 Å². The normalized spacial score (nSPS) is 10.7. The van der Waals surface area contributed by atoms with Gasteiger partial charge in [0.25, 0.3) is 5.91 Å². The van der Waals surface area contributed by atoms with Gasteiger partial charge in [-0.15, -0.1) is 0 Å². The highest BCUT2D eigenvalue weighted by Gasteiger charge is 2.12. The third kappa shape index (κ3) is 2.13. The lowest BCUT2D eigenvalue weighted by Gasteiger charge is -2.01. The Labute approximate surface area is 107 Å². The molecule has 0 atom stereocenters. The standard InChI is InChI=1S/C12H11N5O2/c13-7-1-2-8-9(4-14-10(8)3-7)12(18)15-5-11-16-6-19-17-11/h1-4,6,14H,5,13H2,(H,15,18). The second-order valence-electron chi connectivity index (χ2n) is 4.04. The maximum atomic E-state index is 12.1. The van der Waals surface area contributed by atoms with Crippen LogP contribution in [0.3, 0.4) is 0 Å². The summed E-state index contributed by atoms with van der Waals surface area (Å²) in [5.74, 6) is 0.221. The molecule has 2 heterocycles. The van der Waals surface area contributed by atoms with Crippen LogP contribution in [0.2, 0.25) is 0 Å². The molecule has 0 bridgehead atoms. The van der Waals surface area contributed by atoms with Crippen LogP contribution >= 0.6 is 0 Å². The van der Waals surface area contributed by atoms with Gasteiger partial charge in [-0.3, -0.25) is 4.79 Å². The number of H-pyrrole nitrogens is 1. The zero-order chi connectivity index (χ0) is 13.2. The quantitative estimate of drug-likeness (QED) is 0.608. The number of rotatable bonds is 3. The van der Waals surface area contributed by atoms with E-state index in [2.05, 4.69) is 25.0 Å². The third-order valence-corrected chi connectivity index (χ3v) is 2.76.